The summed E-state index contributed by atoms with van der Waals surface area (Å²) in [7, 11) is 0. The van der Waals surface area contributed by atoms with Gasteiger partial charge in [0.05, 0.1) is 16.3 Å². The van der Waals surface area contributed by atoms with Crippen molar-refractivity contribution in [3.05, 3.63) is 81.9 Å². The van der Waals surface area contributed by atoms with Crippen LogP contribution in [0.4, 0.5) is 11.5 Å². The largest absolute Gasteiger partial charge is 0.370 e. The van der Waals surface area contributed by atoms with Gasteiger partial charge < -0.3 is 5.32 Å². The molecule has 0 saturated carbocycles. The number of anilines is 1. The normalized spacial score (nSPS) is 13.5. The summed E-state index contributed by atoms with van der Waals surface area (Å²) in [6, 6.07) is 19.5. The second kappa shape index (κ2) is 7.30. The number of nitro groups is 1. The number of aryl methyl sites for hydroxylation is 1. The standard InChI is InChI=1S/C24H22N4O2/c1-16-12-13-18(28(29)30)15-22(16)27-24-21(10-4-5-14-25-24)23(26-27)20-11-6-8-17-7-2-3-9-19(17)20/h2-3,6-9,11-13,15,25H,4-5,10,14H2,1H3. The van der Waals surface area contributed by atoms with Crippen LogP contribution in [0.2, 0.25) is 0 Å². The second-order valence-corrected chi connectivity index (χ2v) is 7.73. The van der Waals surface area contributed by atoms with Gasteiger partial charge in [-0.1, -0.05) is 48.5 Å². The molecule has 3 aromatic carbocycles. The fraction of sp³-hybridized carbons (Fsp3) is 0.208. The number of non-ortho nitro benzene ring substituents is 1. The zero-order valence-corrected chi connectivity index (χ0v) is 16.8. The van der Waals surface area contributed by atoms with Crippen LogP contribution in [0.1, 0.15) is 24.0 Å². The minimum absolute atomic E-state index is 0.0696. The van der Waals surface area contributed by atoms with E-state index in [1.807, 2.05) is 23.7 Å². The maximum absolute atomic E-state index is 11.4. The van der Waals surface area contributed by atoms with E-state index in [2.05, 4.69) is 35.6 Å². The summed E-state index contributed by atoms with van der Waals surface area (Å²) < 4.78 is 1.86. The molecular formula is C24H22N4O2. The first-order valence-electron chi connectivity index (χ1n) is 10.2. The molecular weight excluding hydrogens is 376 g/mol. The number of rotatable bonds is 3. The van der Waals surface area contributed by atoms with Gasteiger partial charge in [0.1, 0.15) is 5.82 Å². The summed E-state index contributed by atoms with van der Waals surface area (Å²) in [6.07, 6.45) is 3.09. The van der Waals surface area contributed by atoms with Crippen LogP contribution < -0.4 is 5.32 Å². The predicted molar refractivity (Wildman–Crippen MR) is 119 cm³/mol. The van der Waals surface area contributed by atoms with Gasteiger partial charge in [-0.2, -0.15) is 5.10 Å². The Labute approximate surface area is 174 Å². The fourth-order valence-corrected chi connectivity index (χ4v) is 4.26. The van der Waals surface area contributed by atoms with Crippen LogP contribution in [0.3, 0.4) is 0 Å². The maximum atomic E-state index is 11.4. The van der Waals surface area contributed by atoms with Crippen molar-refractivity contribution in [2.24, 2.45) is 0 Å². The molecule has 1 N–H and O–H groups in total. The topological polar surface area (TPSA) is 73.0 Å². The molecule has 1 aliphatic rings. The van der Waals surface area contributed by atoms with Crippen LogP contribution in [-0.2, 0) is 6.42 Å². The minimum atomic E-state index is -0.357. The third-order valence-corrected chi connectivity index (χ3v) is 5.81. The molecule has 0 amide bonds. The van der Waals surface area contributed by atoms with E-state index in [1.54, 1.807) is 18.2 Å². The van der Waals surface area contributed by atoms with Gasteiger partial charge in [-0.15, -0.1) is 0 Å². The summed E-state index contributed by atoms with van der Waals surface area (Å²) in [6.45, 7) is 2.82. The molecule has 1 aliphatic heterocycles. The van der Waals surface area contributed by atoms with Crippen LogP contribution in [0.25, 0.3) is 27.7 Å². The zero-order valence-electron chi connectivity index (χ0n) is 16.8. The van der Waals surface area contributed by atoms with Crippen molar-refractivity contribution in [3.63, 3.8) is 0 Å². The third kappa shape index (κ3) is 3.01. The molecule has 0 unspecified atom stereocenters. The van der Waals surface area contributed by atoms with Gasteiger partial charge >= 0.3 is 0 Å². The number of nitrogens with zero attached hydrogens (tertiary/aromatic N) is 3. The summed E-state index contributed by atoms with van der Waals surface area (Å²) in [5.74, 6) is 0.944. The average Bonchev–Trinajstić information content (AvgIpc) is 2.93. The Morgan fingerprint density at radius 1 is 1.07 bits per heavy atom. The maximum Gasteiger partial charge on any atom is 0.271 e. The molecule has 1 aromatic heterocycles. The Hall–Kier alpha value is -3.67. The Bertz CT molecular complexity index is 1270. The Kier molecular flexibility index (Phi) is 4.47. The molecule has 0 atom stereocenters. The van der Waals surface area contributed by atoms with Gasteiger partial charge in [-0.3, -0.25) is 10.1 Å². The molecule has 0 saturated heterocycles. The lowest BCUT2D eigenvalue weighted by Gasteiger charge is -2.11. The number of hydrogen-bond donors (Lipinski definition) is 1. The van der Waals surface area contributed by atoms with E-state index in [1.165, 1.54) is 10.9 Å². The zero-order chi connectivity index (χ0) is 20.7. The fourth-order valence-electron chi connectivity index (χ4n) is 4.26. The molecule has 30 heavy (non-hydrogen) atoms. The first-order chi connectivity index (χ1) is 14.6. The van der Waals surface area contributed by atoms with E-state index in [-0.39, 0.29) is 10.6 Å². The van der Waals surface area contributed by atoms with Crippen LogP contribution >= 0.6 is 0 Å². The lowest BCUT2D eigenvalue weighted by molar-refractivity contribution is -0.384. The van der Waals surface area contributed by atoms with Crippen molar-refractivity contribution in [1.29, 1.82) is 0 Å². The van der Waals surface area contributed by atoms with Gasteiger partial charge in [-0.25, -0.2) is 4.68 Å². The van der Waals surface area contributed by atoms with Crippen LogP contribution in [0.15, 0.2) is 60.7 Å². The molecule has 6 nitrogen and oxygen atoms in total. The van der Waals surface area contributed by atoms with Gasteiger partial charge in [0.15, 0.2) is 0 Å². The highest BCUT2D eigenvalue weighted by Crippen LogP contribution is 2.38. The highest BCUT2D eigenvalue weighted by molar-refractivity contribution is 5.97. The van der Waals surface area contributed by atoms with E-state index in [0.29, 0.717) is 0 Å². The molecule has 0 radical (unpaired) electrons. The van der Waals surface area contributed by atoms with Crippen molar-refractivity contribution in [1.82, 2.24) is 9.78 Å². The number of hydrogen-bond acceptors (Lipinski definition) is 4. The summed E-state index contributed by atoms with van der Waals surface area (Å²) in [5, 5.41) is 22.3. The molecule has 0 bridgehead atoms. The quantitative estimate of drug-likeness (QED) is 0.357. The first-order valence-corrected chi connectivity index (χ1v) is 10.2. The van der Waals surface area contributed by atoms with Crippen LogP contribution in [-0.4, -0.2) is 21.2 Å². The van der Waals surface area contributed by atoms with Crippen molar-refractivity contribution >= 4 is 22.3 Å². The number of aromatic nitrogens is 2. The van der Waals surface area contributed by atoms with Crippen LogP contribution in [0, 0.1) is 17.0 Å². The number of benzene rings is 3. The highest BCUT2D eigenvalue weighted by atomic mass is 16.6. The average molecular weight is 398 g/mol. The highest BCUT2D eigenvalue weighted by Gasteiger charge is 2.24. The monoisotopic (exact) mass is 398 g/mol. The van der Waals surface area contributed by atoms with Gasteiger partial charge in [-0.05, 0) is 42.5 Å². The van der Waals surface area contributed by atoms with Gasteiger partial charge in [0.25, 0.3) is 5.69 Å². The number of nitrogens with one attached hydrogen (secondary N) is 1. The predicted octanol–water partition coefficient (Wildman–Crippen LogP) is 5.66. The Balaban J connectivity index is 1.78. The van der Waals surface area contributed by atoms with Crippen molar-refractivity contribution in [3.8, 4) is 16.9 Å². The molecule has 0 aliphatic carbocycles. The molecule has 6 heteroatoms. The Morgan fingerprint density at radius 2 is 1.90 bits per heavy atom. The third-order valence-electron chi connectivity index (χ3n) is 5.81. The van der Waals surface area contributed by atoms with Crippen molar-refractivity contribution in [2.75, 3.05) is 11.9 Å². The molecule has 5 rings (SSSR count). The van der Waals surface area contributed by atoms with E-state index in [4.69, 9.17) is 5.10 Å². The van der Waals surface area contributed by atoms with Crippen molar-refractivity contribution < 1.29 is 4.92 Å². The first kappa shape index (κ1) is 18.4. The Morgan fingerprint density at radius 3 is 2.77 bits per heavy atom. The molecule has 4 aromatic rings. The van der Waals surface area contributed by atoms with E-state index >= 15 is 0 Å². The van der Waals surface area contributed by atoms with E-state index in [9.17, 15) is 10.1 Å². The van der Waals surface area contributed by atoms with E-state index in [0.717, 1.165) is 59.5 Å². The van der Waals surface area contributed by atoms with Crippen LogP contribution in [0.5, 0.6) is 0 Å². The van der Waals surface area contributed by atoms with E-state index < -0.39 is 0 Å². The minimum Gasteiger partial charge on any atom is -0.370 e. The van der Waals surface area contributed by atoms with Gasteiger partial charge in [0.2, 0.25) is 0 Å². The number of fused-ring (bicyclic) bond motifs is 2. The van der Waals surface area contributed by atoms with Crippen molar-refractivity contribution in [2.45, 2.75) is 26.2 Å². The second-order valence-electron chi connectivity index (χ2n) is 7.73. The lowest BCUT2D eigenvalue weighted by atomic mass is 9.98. The molecule has 0 spiro atoms. The molecule has 0 fully saturated rings. The smallest absolute Gasteiger partial charge is 0.271 e. The summed E-state index contributed by atoms with van der Waals surface area (Å²) >= 11 is 0. The van der Waals surface area contributed by atoms with Gasteiger partial charge in [0, 0.05) is 29.8 Å². The molecule has 2 heterocycles. The summed E-state index contributed by atoms with van der Waals surface area (Å²) in [4.78, 5) is 11.0. The lowest BCUT2D eigenvalue weighted by Crippen LogP contribution is -2.08. The SMILES string of the molecule is Cc1ccc([N+](=O)[O-])cc1-n1nc(-c2cccc3ccccc23)c2c1NCCCC2. The number of nitro benzene ring substituents is 1. The summed E-state index contributed by atoms with van der Waals surface area (Å²) in [5.41, 5.74) is 4.97. The molecule has 150 valence electrons.